The molecule has 1 aromatic carbocycles. The van der Waals surface area contributed by atoms with Gasteiger partial charge in [-0.15, -0.1) is 12.4 Å². The summed E-state index contributed by atoms with van der Waals surface area (Å²) in [6.07, 6.45) is -0.337. The summed E-state index contributed by atoms with van der Waals surface area (Å²) < 4.78 is 30.1. The molecule has 1 aromatic rings. The van der Waals surface area contributed by atoms with Gasteiger partial charge in [-0.25, -0.2) is 5.14 Å². The topological polar surface area (TPSA) is 93.5 Å². The quantitative estimate of drug-likeness (QED) is 0.722. The fourth-order valence-corrected chi connectivity index (χ4v) is 2.97. The van der Waals surface area contributed by atoms with Crippen LogP contribution in [-0.2, 0) is 14.9 Å². The lowest BCUT2D eigenvalue weighted by molar-refractivity contribution is 0.0560. The van der Waals surface area contributed by atoms with Crippen LogP contribution in [0.5, 0.6) is 0 Å². The first-order chi connectivity index (χ1) is 9.87. The highest BCUT2D eigenvalue weighted by atomic mass is 35.5. The Morgan fingerprint density at radius 2 is 2.09 bits per heavy atom. The minimum absolute atomic E-state index is 0. The number of hydrogen-bond acceptors (Lipinski definition) is 4. The van der Waals surface area contributed by atoms with Gasteiger partial charge in [0, 0.05) is 25.6 Å². The molecule has 2 rings (SSSR count). The van der Waals surface area contributed by atoms with E-state index in [9.17, 15) is 8.42 Å². The van der Waals surface area contributed by atoms with Crippen molar-refractivity contribution in [1.29, 1.82) is 0 Å². The lowest BCUT2D eigenvalue weighted by atomic mass is 9.93. The monoisotopic (exact) mass is 389 g/mol. The molecule has 2 atom stereocenters. The van der Waals surface area contributed by atoms with Gasteiger partial charge >= 0.3 is 0 Å². The normalized spacial score (nSPS) is 22.7. The highest BCUT2D eigenvalue weighted by Crippen LogP contribution is 2.29. The number of nitrogens with one attached hydrogen (secondary N) is 2. The first kappa shape index (κ1) is 19.9. The zero-order valence-electron chi connectivity index (χ0n) is 11.6. The molecule has 0 saturated carbocycles. The third-order valence-corrected chi connectivity index (χ3v) is 4.59. The molecule has 10 heteroatoms. The molecule has 0 bridgehead atoms. The van der Waals surface area contributed by atoms with Crippen molar-refractivity contribution in [1.82, 2.24) is 10.0 Å². The molecule has 0 aromatic heterocycles. The van der Waals surface area contributed by atoms with Crippen molar-refractivity contribution in [3.63, 3.8) is 0 Å². The zero-order valence-corrected chi connectivity index (χ0v) is 14.7. The molecule has 1 heterocycles. The van der Waals surface area contributed by atoms with Crippen LogP contribution < -0.4 is 15.2 Å². The standard InChI is InChI=1S/C12H17Cl2N3O3S.ClH/c13-10-2-1-8(5-11(10)14)9-6-16-3-4-20-12(9)7-17-21(15,18)19;/h1-2,5,9,12,16-17H,3-4,6-7H2,(H2,15,18,19);1H. The molecule has 0 amide bonds. The smallest absolute Gasteiger partial charge is 0.274 e. The van der Waals surface area contributed by atoms with Crippen LogP contribution in [0.25, 0.3) is 0 Å². The van der Waals surface area contributed by atoms with E-state index in [-0.39, 0.29) is 31.0 Å². The highest BCUT2D eigenvalue weighted by Gasteiger charge is 2.27. The Balaban J connectivity index is 0.00000242. The first-order valence-electron chi connectivity index (χ1n) is 6.41. The molecule has 4 N–H and O–H groups in total. The average molecular weight is 391 g/mol. The van der Waals surface area contributed by atoms with Gasteiger partial charge in [0.05, 0.1) is 22.8 Å². The Hall–Kier alpha value is -0.120. The summed E-state index contributed by atoms with van der Waals surface area (Å²) in [4.78, 5) is 0. The van der Waals surface area contributed by atoms with E-state index in [2.05, 4.69) is 10.0 Å². The lowest BCUT2D eigenvalue weighted by Gasteiger charge is -2.25. The Kier molecular flexibility index (Phi) is 7.84. The molecule has 1 saturated heterocycles. The van der Waals surface area contributed by atoms with Gasteiger partial charge in [0.1, 0.15) is 0 Å². The lowest BCUT2D eigenvalue weighted by Crippen LogP contribution is -2.41. The second kappa shape index (κ2) is 8.65. The molecule has 6 nitrogen and oxygen atoms in total. The van der Waals surface area contributed by atoms with Crippen molar-refractivity contribution in [2.45, 2.75) is 12.0 Å². The van der Waals surface area contributed by atoms with Gasteiger partial charge in [0.25, 0.3) is 10.2 Å². The number of ether oxygens (including phenoxy) is 1. The SMILES string of the molecule is Cl.NS(=O)(=O)NCC1OCCNCC1c1ccc(Cl)c(Cl)c1. The summed E-state index contributed by atoms with van der Waals surface area (Å²) in [5.74, 6) is -0.0588. The number of benzene rings is 1. The molecule has 0 aliphatic carbocycles. The van der Waals surface area contributed by atoms with Gasteiger partial charge in [-0.3, -0.25) is 0 Å². The molecule has 2 unspecified atom stereocenters. The van der Waals surface area contributed by atoms with Crippen LogP contribution in [0, 0.1) is 0 Å². The number of hydrogen-bond donors (Lipinski definition) is 3. The fraction of sp³-hybridized carbons (Fsp3) is 0.500. The molecule has 0 spiro atoms. The minimum atomic E-state index is -3.75. The van der Waals surface area contributed by atoms with Gasteiger partial charge in [-0.2, -0.15) is 13.1 Å². The van der Waals surface area contributed by atoms with Crippen LogP contribution in [0.3, 0.4) is 0 Å². The van der Waals surface area contributed by atoms with Crippen molar-refractivity contribution in [3.8, 4) is 0 Å². The molecule has 1 aliphatic heterocycles. The summed E-state index contributed by atoms with van der Waals surface area (Å²) in [6.45, 7) is 1.94. The van der Waals surface area contributed by atoms with E-state index >= 15 is 0 Å². The number of nitrogens with two attached hydrogens (primary N) is 1. The van der Waals surface area contributed by atoms with Crippen LogP contribution >= 0.6 is 35.6 Å². The molecular weight excluding hydrogens is 373 g/mol. The highest BCUT2D eigenvalue weighted by molar-refractivity contribution is 7.87. The van der Waals surface area contributed by atoms with Crippen molar-refractivity contribution in [3.05, 3.63) is 33.8 Å². The van der Waals surface area contributed by atoms with Gasteiger partial charge in [-0.1, -0.05) is 29.3 Å². The molecule has 1 fully saturated rings. The maximum atomic E-state index is 11.1. The molecular formula is C12H18Cl3N3O3S. The van der Waals surface area contributed by atoms with Gasteiger partial charge in [-0.05, 0) is 17.7 Å². The van der Waals surface area contributed by atoms with Crippen molar-refractivity contribution >= 4 is 45.8 Å². The Bertz CT molecular complexity index is 601. The van der Waals surface area contributed by atoms with Crippen LogP contribution in [-0.4, -0.2) is 40.8 Å². The predicted octanol–water partition coefficient (Wildman–Crippen LogP) is 1.28. The maximum Gasteiger partial charge on any atom is 0.274 e. The number of rotatable bonds is 4. The average Bonchev–Trinajstić information content (AvgIpc) is 2.64. The van der Waals surface area contributed by atoms with Crippen LogP contribution in [0.4, 0.5) is 0 Å². The van der Waals surface area contributed by atoms with E-state index in [1.54, 1.807) is 12.1 Å². The van der Waals surface area contributed by atoms with Gasteiger partial charge in [0.2, 0.25) is 0 Å². The van der Waals surface area contributed by atoms with E-state index in [0.29, 0.717) is 29.7 Å². The van der Waals surface area contributed by atoms with E-state index in [1.165, 1.54) is 0 Å². The summed E-state index contributed by atoms with van der Waals surface area (Å²) >= 11 is 12.0. The van der Waals surface area contributed by atoms with E-state index in [1.807, 2.05) is 6.07 Å². The van der Waals surface area contributed by atoms with Crippen LogP contribution in [0.2, 0.25) is 10.0 Å². The first-order valence-corrected chi connectivity index (χ1v) is 8.71. The zero-order chi connectivity index (χ0) is 15.5. The van der Waals surface area contributed by atoms with E-state index in [4.69, 9.17) is 33.1 Å². The Morgan fingerprint density at radius 3 is 2.73 bits per heavy atom. The summed E-state index contributed by atoms with van der Waals surface area (Å²) in [7, 11) is -3.75. The largest absolute Gasteiger partial charge is 0.375 e. The second-order valence-corrected chi connectivity index (χ2v) is 6.98. The van der Waals surface area contributed by atoms with E-state index in [0.717, 1.165) is 5.56 Å². The van der Waals surface area contributed by atoms with Crippen LogP contribution in [0.15, 0.2) is 18.2 Å². The minimum Gasteiger partial charge on any atom is -0.375 e. The van der Waals surface area contributed by atoms with Crippen molar-refractivity contribution in [2.24, 2.45) is 5.14 Å². The molecule has 1 aliphatic rings. The number of halogens is 3. The predicted molar refractivity (Wildman–Crippen MR) is 90.2 cm³/mol. The fourth-order valence-electron chi connectivity index (χ4n) is 2.26. The molecule has 0 radical (unpaired) electrons. The third-order valence-electron chi connectivity index (χ3n) is 3.28. The summed E-state index contributed by atoms with van der Waals surface area (Å²) in [5, 5.41) is 9.15. The Morgan fingerprint density at radius 1 is 1.36 bits per heavy atom. The summed E-state index contributed by atoms with van der Waals surface area (Å²) in [5.41, 5.74) is 0.931. The van der Waals surface area contributed by atoms with E-state index < -0.39 is 10.2 Å². The molecule has 22 heavy (non-hydrogen) atoms. The molecule has 126 valence electrons. The van der Waals surface area contributed by atoms with Gasteiger partial charge < -0.3 is 10.1 Å². The second-order valence-electron chi connectivity index (χ2n) is 4.79. The van der Waals surface area contributed by atoms with Crippen molar-refractivity contribution < 1.29 is 13.2 Å². The maximum absolute atomic E-state index is 11.1. The third kappa shape index (κ3) is 5.82. The van der Waals surface area contributed by atoms with Crippen LogP contribution in [0.1, 0.15) is 11.5 Å². The van der Waals surface area contributed by atoms with Crippen molar-refractivity contribution in [2.75, 3.05) is 26.2 Å². The van der Waals surface area contributed by atoms with Gasteiger partial charge in [0.15, 0.2) is 0 Å². The Labute approximate surface area is 146 Å². The summed E-state index contributed by atoms with van der Waals surface area (Å²) in [6, 6.07) is 5.35.